The van der Waals surface area contributed by atoms with E-state index in [4.69, 9.17) is 9.47 Å². The third kappa shape index (κ3) is 5.79. The molecule has 2 saturated carbocycles. The van der Waals surface area contributed by atoms with Crippen molar-refractivity contribution in [2.75, 3.05) is 23.4 Å². The molecule has 0 radical (unpaired) electrons. The number of thioether (sulfide) groups is 1. The number of H-pyrrole nitrogens is 1. The molecule has 2 aliphatic heterocycles. The number of halogens is 3. The van der Waals surface area contributed by atoms with Crippen molar-refractivity contribution in [1.29, 1.82) is 0 Å². The van der Waals surface area contributed by atoms with Gasteiger partial charge in [0, 0.05) is 21.7 Å². The molecule has 268 valence electrons. The number of nitrogens with zero attached hydrogens (tertiary/aromatic N) is 1. The van der Waals surface area contributed by atoms with Crippen LogP contribution >= 0.6 is 23.1 Å². The van der Waals surface area contributed by atoms with E-state index in [-0.39, 0.29) is 57.9 Å². The minimum absolute atomic E-state index is 0.00429. The lowest BCUT2D eigenvalue weighted by Crippen LogP contribution is -2.42. The molecule has 0 unspecified atom stereocenters. The van der Waals surface area contributed by atoms with Crippen molar-refractivity contribution in [2.45, 2.75) is 35.7 Å². The molecule has 2 bridgehead atoms. The summed E-state index contributed by atoms with van der Waals surface area (Å²) < 4.78 is 49.9. The summed E-state index contributed by atoms with van der Waals surface area (Å²) >= 11 is 2.71. The highest BCUT2D eigenvalue weighted by Gasteiger charge is 2.69. The number of imide groups is 1. The quantitative estimate of drug-likeness (QED) is 0.158. The van der Waals surface area contributed by atoms with E-state index in [0.717, 1.165) is 38.9 Å². The molecule has 10 nitrogen and oxygen atoms in total. The molecular weight excluding hydrogens is 720 g/mol. The molecule has 15 heteroatoms. The molecule has 7 atom stereocenters. The first-order valence-electron chi connectivity index (χ1n) is 16.7. The Hall–Kier alpha value is -4.89. The topological polar surface area (TPSA) is 135 Å². The van der Waals surface area contributed by atoms with Crippen LogP contribution in [0.25, 0.3) is 0 Å². The molecule has 3 fully saturated rings. The zero-order chi connectivity index (χ0) is 36.5. The second-order valence-corrected chi connectivity index (χ2v) is 15.4. The maximum Gasteiger partial charge on any atom is 0.416 e. The van der Waals surface area contributed by atoms with Gasteiger partial charge in [0.25, 0.3) is 5.91 Å². The number of aromatic amines is 1. The third-order valence-electron chi connectivity index (χ3n) is 10.4. The molecule has 0 spiro atoms. The molecule has 2 aliphatic carbocycles. The average molecular weight is 750 g/mol. The summed E-state index contributed by atoms with van der Waals surface area (Å²) in [6.07, 6.45) is -3.83. The van der Waals surface area contributed by atoms with Crippen LogP contribution in [0.4, 0.5) is 24.5 Å². The van der Waals surface area contributed by atoms with Crippen LogP contribution in [0.3, 0.4) is 0 Å². The Labute approximate surface area is 302 Å². The van der Waals surface area contributed by atoms with Gasteiger partial charge in [0.1, 0.15) is 5.75 Å². The molecular formula is C37H30F3N3O7S2. The molecule has 1 aromatic heterocycles. The molecule has 2 N–H and O–H groups in total. The lowest BCUT2D eigenvalue weighted by atomic mass is 9.68. The lowest BCUT2D eigenvalue weighted by Gasteiger charge is -2.43. The van der Waals surface area contributed by atoms with E-state index in [1.54, 1.807) is 55.1 Å². The highest BCUT2D eigenvalue weighted by Crippen LogP contribution is 2.68. The van der Waals surface area contributed by atoms with E-state index in [1.165, 1.54) is 17.0 Å². The maximum absolute atomic E-state index is 14.1. The summed E-state index contributed by atoms with van der Waals surface area (Å²) in [5.41, 5.74) is 0.738. The highest BCUT2D eigenvalue weighted by atomic mass is 32.2. The minimum Gasteiger partial charge on any atom is -0.484 e. The van der Waals surface area contributed by atoms with Crippen LogP contribution < -0.4 is 19.8 Å². The molecule has 4 aromatic rings. The van der Waals surface area contributed by atoms with Gasteiger partial charge >= 0.3 is 17.0 Å². The van der Waals surface area contributed by atoms with E-state index in [0.29, 0.717) is 23.4 Å². The van der Waals surface area contributed by atoms with Gasteiger partial charge in [-0.1, -0.05) is 29.5 Å². The largest absolute Gasteiger partial charge is 0.484 e. The van der Waals surface area contributed by atoms with Crippen LogP contribution in [-0.4, -0.2) is 47.1 Å². The molecule has 1 saturated heterocycles. The van der Waals surface area contributed by atoms with Gasteiger partial charge in [-0.05, 0) is 91.3 Å². The Morgan fingerprint density at radius 1 is 0.962 bits per heavy atom. The first kappa shape index (κ1) is 34.2. The van der Waals surface area contributed by atoms with Crippen molar-refractivity contribution in [1.82, 2.24) is 4.98 Å². The number of carbonyl (C=O) groups excluding carboxylic acids is 4. The smallest absolute Gasteiger partial charge is 0.416 e. The molecule has 3 heterocycles. The number of amides is 3. The fourth-order valence-electron chi connectivity index (χ4n) is 8.50. The van der Waals surface area contributed by atoms with Crippen molar-refractivity contribution in [3.8, 4) is 5.75 Å². The van der Waals surface area contributed by atoms with Gasteiger partial charge in [0.15, 0.2) is 6.61 Å². The molecule has 52 heavy (non-hydrogen) atoms. The SMILES string of the molecule is CCOC(=O)c1ccc(N2C(=O)[C@H]3[C@H]4C[C@@H]([C@@H]3C2=O)[C@@H]2[C@H](c3ccc(OCC(=O)Nc5cccc(C(F)(F)F)c5)cc3)c3sc(=O)[nH]c3S[C@H]42)cc1. The van der Waals surface area contributed by atoms with E-state index in [9.17, 15) is 37.1 Å². The monoisotopic (exact) mass is 749 g/mol. The average Bonchev–Trinajstić information content (AvgIpc) is 3.86. The van der Waals surface area contributed by atoms with Crippen LogP contribution in [-0.2, 0) is 25.3 Å². The van der Waals surface area contributed by atoms with Crippen LogP contribution in [0.15, 0.2) is 82.6 Å². The predicted molar refractivity (Wildman–Crippen MR) is 185 cm³/mol. The summed E-state index contributed by atoms with van der Waals surface area (Å²) in [4.78, 5) is 70.2. The minimum atomic E-state index is -4.54. The number of alkyl halides is 3. The summed E-state index contributed by atoms with van der Waals surface area (Å²) in [5.74, 6) is -2.72. The van der Waals surface area contributed by atoms with Gasteiger partial charge in [-0.15, -0.1) is 11.8 Å². The number of rotatable bonds is 8. The number of anilines is 2. The van der Waals surface area contributed by atoms with Crippen molar-refractivity contribution >= 4 is 58.2 Å². The van der Waals surface area contributed by atoms with Crippen molar-refractivity contribution in [3.05, 3.63) is 104 Å². The highest BCUT2D eigenvalue weighted by molar-refractivity contribution is 8.00. The third-order valence-corrected chi connectivity index (χ3v) is 13.0. The van der Waals surface area contributed by atoms with Gasteiger partial charge < -0.3 is 19.8 Å². The number of hydrogen-bond acceptors (Lipinski definition) is 9. The number of benzene rings is 3. The number of ether oxygens (including phenoxy) is 2. The van der Waals surface area contributed by atoms with Crippen LogP contribution in [0.5, 0.6) is 5.75 Å². The Bertz CT molecular complexity index is 2150. The summed E-state index contributed by atoms with van der Waals surface area (Å²) in [6, 6.07) is 17.7. The molecule has 3 amide bonds. The fraction of sp³-hybridized carbons (Fsp3) is 0.324. The molecule has 3 aromatic carbocycles. The van der Waals surface area contributed by atoms with Gasteiger partial charge in [0.05, 0.1) is 40.3 Å². The number of fused-ring (bicyclic) bond motifs is 9. The summed E-state index contributed by atoms with van der Waals surface area (Å²) in [6.45, 7) is 1.50. The number of thiazole rings is 1. The predicted octanol–water partition coefficient (Wildman–Crippen LogP) is 6.33. The van der Waals surface area contributed by atoms with Gasteiger partial charge in [-0.25, -0.2) is 4.79 Å². The first-order chi connectivity index (χ1) is 24.9. The maximum atomic E-state index is 14.1. The summed E-state index contributed by atoms with van der Waals surface area (Å²) in [7, 11) is 0. The van der Waals surface area contributed by atoms with Crippen LogP contribution in [0.2, 0.25) is 0 Å². The Morgan fingerprint density at radius 3 is 2.37 bits per heavy atom. The van der Waals surface area contributed by atoms with Gasteiger partial charge in [-0.2, -0.15) is 13.2 Å². The Morgan fingerprint density at radius 2 is 1.67 bits per heavy atom. The van der Waals surface area contributed by atoms with Gasteiger partial charge in [-0.3, -0.25) is 24.1 Å². The van der Waals surface area contributed by atoms with E-state index in [2.05, 4.69) is 10.3 Å². The first-order valence-corrected chi connectivity index (χ1v) is 18.4. The second kappa shape index (κ2) is 13.0. The number of hydrogen-bond donors (Lipinski definition) is 2. The fourth-order valence-corrected chi connectivity index (χ4v) is 11.4. The van der Waals surface area contributed by atoms with Crippen molar-refractivity contribution in [2.24, 2.45) is 29.6 Å². The van der Waals surface area contributed by atoms with Crippen molar-refractivity contribution < 1.29 is 41.8 Å². The molecule has 4 aliphatic rings. The number of nitrogens with one attached hydrogen (secondary N) is 2. The second-order valence-electron chi connectivity index (χ2n) is 13.2. The van der Waals surface area contributed by atoms with E-state index >= 15 is 0 Å². The normalized spacial score (nSPS) is 25.8. The zero-order valence-corrected chi connectivity index (χ0v) is 29.0. The van der Waals surface area contributed by atoms with Gasteiger partial charge in [0.2, 0.25) is 11.8 Å². The number of aromatic nitrogens is 1. The number of esters is 1. The van der Waals surface area contributed by atoms with Crippen molar-refractivity contribution in [3.63, 3.8) is 0 Å². The van der Waals surface area contributed by atoms with E-state index in [1.807, 2.05) is 12.1 Å². The molecule has 8 rings (SSSR count). The number of carbonyl (C=O) groups is 4. The Balaban J connectivity index is 1.01. The van der Waals surface area contributed by atoms with Crippen LogP contribution in [0, 0.1) is 29.6 Å². The zero-order valence-electron chi connectivity index (χ0n) is 27.3. The standard InChI is InChI=1S/C37H30F3N3O7S2/c1-2-49-35(47)18-6-10-21(11-7-18)43-33(45)28-23-15-24(29(28)34(43)46)30-27(23)26(31-32(51-30)42-36(48)52-31)17-8-12-22(13-9-17)50-16-25(44)41-20-5-3-4-19(14-20)37(38,39)40/h3-14,23-24,26-30H,2,15-16H2,1H3,(H,41,44)(H,42,48)/t23-,24-,26+,27-,28+,29+,30-/m1/s1. The summed E-state index contributed by atoms with van der Waals surface area (Å²) in [5, 5.41) is 3.16. The Kier molecular flexibility index (Phi) is 8.52. The van der Waals surface area contributed by atoms with E-state index < -0.39 is 42.1 Å². The lowest BCUT2D eigenvalue weighted by molar-refractivity contribution is -0.137. The van der Waals surface area contributed by atoms with Crippen LogP contribution in [0.1, 0.15) is 45.6 Å².